The van der Waals surface area contributed by atoms with Crippen molar-refractivity contribution >= 4 is 319 Å². The molecule has 6 unspecified atom stereocenters. The Kier molecular flexibility index (Phi) is 16.4. The molecule has 6 atom stereocenters. The maximum absolute atomic E-state index is 8.33. The fourth-order valence-corrected chi connectivity index (χ4v) is 31.1. The van der Waals surface area contributed by atoms with Gasteiger partial charge in [0, 0.05) is 8.95 Å². The molecule has 21 heteroatoms. The number of rotatable bonds is 6. The standard InChI is InChI=1S/C36H18Br20O/c37-23-17-9-7-15-21(23)27(41)25(39,19-11-3-1-4-12-19)29(43,44)31(47,48)33(51,52)35(27,55)57-36(56)28(42,22-16-8-10-18-24(22)38)26(40,20-13-5-2-6-14-20)30(45,46)32(49,50)34(36,53)54/h1-18H. The Bertz CT molecular complexity index is 2030. The third-order valence-electron chi connectivity index (χ3n) is 10.2. The molecule has 2 saturated carbocycles. The van der Waals surface area contributed by atoms with Crippen LogP contribution in [0.3, 0.4) is 0 Å². The van der Waals surface area contributed by atoms with Crippen LogP contribution in [0.5, 0.6) is 0 Å². The molecule has 0 saturated heterocycles. The number of halogens is 20. The van der Waals surface area contributed by atoms with Crippen LogP contribution in [-0.2, 0) is 22.0 Å². The van der Waals surface area contributed by atoms with Gasteiger partial charge >= 0.3 is 0 Å². The van der Waals surface area contributed by atoms with E-state index in [2.05, 4.69) is 355 Å². The van der Waals surface area contributed by atoms with Gasteiger partial charge in [0.15, 0.2) is 9.02 Å². The first-order valence-corrected chi connectivity index (χ1v) is 31.5. The van der Waals surface area contributed by atoms with Crippen LogP contribution in [0, 0.1) is 0 Å². The highest BCUT2D eigenvalue weighted by atomic mass is 79.9. The SMILES string of the molecule is Brc1ccccc1C1(Br)C(Br)(OC2(Br)C(Br)(Br)C(Br)(Br)C(Br)(Br)C(Br)(c3ccccc3)C2(Br)c2ccccc2Br)C(Br)(Br)C(Br)(Br)C(Br)(Br)C1(Br)c1ccccc1. The summed E-state index contributed by atoms with van der Waals surface area (Å²) >= 11 is 85.4. The van der Waals surface area contributed by atoms with Crippen LogP contribution in [0.2, 0.25) is 0 Å². The Morgan fingerprint density at radius 3 is 0.825 bits per heavy atom. The van der Waals surface area contributed by atoms with Gasteiger partial charge in [-0.2, -0.15) is 0 Å². The van der Waals surface area contributed by atoms with Crippen LogP contribution in [0.4, 0.5) is 0 Å². The molecule has 0 N–H and O–H groups in total. The molecule has 4 aromatic carbocycles. The van der Waals surface area contributed by atoms with Gasteiger partial charge < -0.3 is 4.74 Å². The van der Waals surface area contributed by atoms with Crippen molar-refractivity contribution in [1.82, 2.24) is 0 Å². The number of hydrogen-bond donors (Lipinski definition) is 0. The molecule has 1 nitrogen and oxygen atoms in total. The molecule has 0 bridgehead atoms. The summed E-state index contributed by atoms with van der Waals surface area (Å²) in [5, 5.41) is 0. The first-order valence-electron chi connectivity index (χ1n) is 15.7. The van der Waals surface area contributed by atoms with Crippen LogP contribution < -0.4 is 0 Å². The lowest BCUT2D eigenvalue weighted by molar-refractivity contribution is -0.122. The molecule has 57 heavy (non-hydrogen) atoms. The molecular weight excluding hydrogens is 2050 g/mol. The Hall–Kier alpha value is 6.44. The van der Waals surface area contributed by atoms with Crippen LogP contribution in [0.1, 0.15) is 22.3 Å². The minimum atomic E-state index is -1.65. The first kappa shape index (κ1) is 52.8. The number of ether oxygens (including phenoxy) is 1. The summed E-state index contributed by atoms with van der Waals surface area (Å²) in [5.41, 5.74) is 3.41. The van der Waals surface area contributed by atoms with Crippen molar-refractivity contribution in [3.05, 3.63) is 140 Å². The molecular formula is C36H18Br20O. The fourth-order valence-electron chi connectivity index (χ4n) is 7.30. The average Bonchev–Trinajstić information content (AvgIpc) is 3.16. The largest absolute Gasteiger partial charge is 0.337 e. The molecule has 0 aromatic heterocycles. The number of hydrogen-bond acceptors (Lipinski definition) is 1. The zero-order valence-electron chi connectivity index (χ0n) is 27.4. The predicted octanol–water partition coefficient (Wildman–Crippen LogP) is 20.8. The van der Waals surface area contributed by atoms with Crippen molar-refractivity contribution in [3.63, 3.8) is 0 Å². The van der Waals surface area contributed by atoms with E-state index in [1.807, 2.05) is 72.8 Å². The molecule has 0 aliphatic heterocycles. The molecule has 4 aromatic rings. The minimum absolute atomic E-state index is 0.804. The van der Waals surface area contributed by atoms with Crippen molar-refractivity contribution in [3.8, 4) is 0 Å². The van der Waals surface area contributed by atoms with Crippen molar-refractivity contribution in [2.45, 2.75) is 45.7 Å². The number of alkyl halides is 18. The van der Waals surface area contributed by atoms with Crippen LogP contribution in [0.25, 0.3) is 0 Å². The predicted molar refractivity (Wildman–Crippen MR) is 311 cm³/mol. The van der Waals surface area contributed by atoms with Crippen LogP contribution in [-0.4, -0.2) is 28.4 Å². The normalized spacial score (nSPS) is 36.0. The molecule has 2 fully saturated rings. The highest BCUT2D eigenvalue weighted by Gasteiger charge is 2.92. The summed E-state index contributed by atoms with van der Waals surface area (Å²) in [6.07, 6.45) is 0. The second-order valence-corrected chi connectivity index (χ2v) is 42.4. The van der Waals surface area contributed by atoms with Gasteiger partial charge in [-0.25, -0.2) is 0 Å². The topological polar surface area (TPSA) is 9.23 Å². The van der Waals surface area contributed by atoms with Gasteiger partial charge in [0.1, 0.15) is 36.7 Å². The Labute approximate surface area is 499 Å². The van der Waals surface area contributed by atoms with E-state index in [1.165, 1.54) is 0 Å². The summed E-state index contributed by atoms with van der Waals surface area (Å²) in [5.74, 6) is 0. The molecule has 2 aliphatic rings. The van der Waals surface area contributed by atoms with Crippen LogP contribution >= 0.6 is 319 Å². The van der Waals surface area contributed by atoms with Crippen molar-refractivity contribution < 1.29 is 4.74 Å². The summed E-state index contributed by atoms with van der Waals surface area (Å²) in [7, 11) is 0. The van der Waals surface area contributed by atoms with Gasteiger partial charge in [-0.05, 0) is 66.2 Å². The van der Waals surface area contributed by atoms with E-state index >= 15 is 0 Å². The highest BCUT2D eigenvalue weighted by Crippen LogP contribution is 2.89. The van der Waals surface area contributed by atoms with Crippen molar-refractivity contribution in [1.29, 1.82) is 0 Å². The zero-order valence-corrected chi connectivity index (χ0v) is 59.1. The van der Waals surface area contributed by atoms with E-state index in [9.17, 15) is 0 Å². The minimum Gasteiger partial charge on any atom is -0.337 e. The molecule has 0 heterocycles. The van der Waals surface area contributed by atoms with E-state index in [4.69, 9.17) is 4.74 Å². The smallest absolute Gasteiger partial charge is 0.173 e. The monoisotopic (exact) mass is 2040 g/mol. The molecule has 6 rings (SSSR count). The lowest BCUT2D eigenvalue weighted by Crippen LogP contribution is -2.85. The highest BCUT2D eigenvalue weighted by molar-refractivity contribution is 9.34. The summed E-state index contributed by atoms with van der Waals surface area (Å²) in [6, 6.07) is 36.4. The van der Waals surface area contributed by atoms with Gasteiger partial charge in [0.2, 0.25) is 0 Å². The quantitative estimate of drug-likeness (QED) is 0.175. The second-order valence-electron chi connectivity index (χ2n) is 13.1. The van der Waals surface area contributed by atoms with E-state index in [1.54, 1.807) is 0 Å². The molecule has 2 aliphatic carbocycles. The van der Waals surface area contributed by atoms with E-state index < -0.39 is 45.7 Å². The lowest BCUT2D eigenvalue weighted by Gasteiger charge is -2.74. The van der Waals surface area contributed by atoms with Gasteiger partial charge in [-0.3, -0.25) is 0 Å². The zero-order chi connectivity index (χ0) is 42.9. The van der Waals surface area contributed by atoms with Crippen LogP contribution in [0.15, 0.2) is 118 Å². The fraction of sp³-hybridized carbons (Fsp3) is 0.333. The van der Waals surface area contributed by atoms with Gasteiger partial charge in [-0.1, -0.05) is 384 Å². The first-order chi connectivity index (χ1) is 25.9. The third kappa shape index (κ3) is 6.85. The molecule has 308 valence electrons. The second kappa shape index (κ2) is 17.7. The molecule has 0 amide bonds. The van der Waals surface area contributed by atoms with E-state index in [0.717, 1.165) is 31.2 Å². The molecule has 0 radical (unpaired) electrons. The summed E-state index contributed by atoms with van der Waals surface area (Å²) in [6.45, 7) is 0. The number of benzene rings is 4. The molecule has 0 spiro atoms. The maximum atomic E-state index is 8.33. The van der Waals surface area contributed by atoms with E-state index in [0.29, 0.717) is 0 Å². The summed E-state index contributed by atoms with van der Waals surface area (Å²) < 4.78 is -5.66. The van der Waals surface area contributed by atoms with Gasteiger partial charge in [-0.15, -0.1) is 0 Å². The average molecular weight is 2060 g/mol. The Balaban J connectivity index is 1.87. The van der Waals surface area contributed by atoms with Gasteiger partial charge in [0.05, 0.1) is 0 Å². The summed E-state index contributed by atoms with van der Waals surface area (Å²) in [4.78, 5) is 0. The maximum Gasteiger partial charge on any atom is 0.173 e. The lowest BCUT2D eigenvalue weighted by atomic mass is 9.67. The Morgan fingerprint density at radius 2 is 0.544 bits per heavy atom. The van der Waals surface area contributed by atoms with Crippen molar-refractivity contribution in [2.24, 2.45) is 0 Å². The third-order valence-corrected chi connectivity index (χ3v) is 49.8. The Morgan fingerprint density at radius 1 is 0.281 bits per heavy atom. The van der Waals surface area contributed by atoms with Crippen molar-refractivity contribution in [2.75, 3.05) is 0 Å². The van der Waals surface area contributed by atoms with E-state index in [-0.39, 0.29) is 0 Å². The van der Waals surface area contributed by atoms with Gasteiger partial charge in [0.25, 0.3) is 0 Å².